The lowest BCUT2D eigenvalue weighted by Gasteiger charge is -2.08. The smallest absolute Gasteiger partial charge is 0.387 e. The van der Waals surface area contributed by atoms with Crippen LogP contribution in [0.3, 0.4) is 0 Å². The monoisotopic (exact) mass is 392 g/mol. The number of hydrogen-bond acceptors (Lipinski definition) is 5. The van der Waals surface area contributed by atoms with Gasteiger partial charge in [-0.1, -0.05) is 12.1 Å². The third kappa shape index (κ3) is 3.61. The summed E-state index contributed by atoms with van der Waals surface area (Å²) in [4.78, 5) is 17.6. The Labute approximate surface area is 156 Å². The lowest BCUT2D eigenvalue weighted by Crippen LogP contribution is -2.11. The van der Waals surface area contributed by atoms with Crippen molar-refractivity contribution in [3.05, 3.63) is 51.5 Å². The van der Waals surface area contributed by atoms with Crippen LogP contribution in [-0.2, 0) is 0 Å². The summed E-state index contributed by atoms with van der Waals surface area (Å²) in [5.74, 6) is 0.368. The predicted molar refractivity (Wildman–Crippen MR) is 98.4 cm³/mol. The van der Waals surface area contributed by atoms with Crippen LogP contribution in [0.25, 0.3) is 11.3 Å². The zero-order chi connectivity index (χ0) is 18.1. The van der Waals surface area contributed by atoms with Crippen LogP contribution in [0.15, 0.2) is 41.1 Å². The number of carbonyl (C=O) groups is 1. The second-order valence-corrected chi connectivity index (χ2v) is 7.62. The predicted octanol–water partition coefficient (Wildman–Crippen LogP) is 5.60. The number of carbonyl (C=O) groups excluding carboxylic acids is 1. The number of aromatic nitrogens is 1. The highest BCUT2D eigenvalue weighted by Gasteiger charge is 2.29. The van der Waals surface area contributed by atoms with E-state index in [0.717, 1.165) is 18.4 Å². The number of hydrogen-bond donors (Lipinski definition) is 1. The fourth-order valence-corrected chi connectivity index (χ4v) is 4.29. The molecule has 4 rings (SSSR count). The van der Waals surface area contributed by atoms with Gasteiger partial charge in [0.1, 0.15) is 5.75 Å². The minimum Gasteiger partial charge on any atom is -0.434 e. The quantitative estimate of drug-likeness (QED) is 0.594. The molecule has 134 valence electrons. The van der Waals surface area contributed by atoms with Gasteiger partial charge in [-0.25, -0.2) is 4.98 Å². The molecule has 4 nitrogen and oxygen atoms in total. The summed E-state index contributed by atoms with van der Waals surface area (Å²) in [7, 11) is 0. The van der Waals surface area contributed by atoms with Gasteiger partial charge in [-0.05, 0) is 47.9 Å². The van der Waals surface area contributed by atoms with Gasteiger partial charge in [0, 0.05) is 10.9 Å². The van der Waals surface area contributed by atoms with Gasteiger partial charge < -0.3 is 4.74 Å². The molecule has 8 heteroatoms. The second-order valence-electron chi connectivity index (χ2n) is 5.85. The molecular weight excluding hydrogens is 378 g/mol. The van der Waals surface area contributed by atoms with Crippen molar-refractivity contribution in [2.24, 2.45) is 0 Å². The number of benzene rings is 1. The third-order valence-electron chi connectivity index (χ3n) is 4.02. The molecular formula is C18H14F2N2O2S2. The Bertz CT molecular complexity index is 935. The SMILES string of the molecule is O=C(Nc1nc(-c2ccccc2OC(F)F)cs1)c1sccc1C1CC1. The first-order valence-electron chi connectivity index (χ1n) is 8.00. The molecule has 1 fully saturated rings. The molecule has 0 unspecified atom stereocenters. The Hall–Kier alpha value is -2.32. The van der Waals surface area contributed by atoms with E-state index in [1.54, 1.807) is 23.6 Å². The molecule has 1 amide bonds. The van der Waals surface area contributed by atoms with E-state index >= 15 is 0 Å². The molecule has 2 aromatic heterocycles. The largest absolute Gasteiger partial charge is 0.434 e. The summed E-state index contributed by atoms with van der Waals surface area (Å²) in [5.41, 5.74) is 2.04. The fraction of sp³-hybridized carbons (Fsp3) is 0.222. The number of para-hydroxylation sites is 1. The number of ether oxygens (including phenoxy) is 1. The maximum Gasteiger partial charge on any atom is 0.387 e. The molecule has 1 aliphatic carbocycles. The van der Waals surface area contributed by atoms with Crippen molar-refractivity contribution in [3.63, 3.8) is 0 Å². The number of thiophene rings is 1. The van der Waals surface area contributed by atoms with Gasteiger partial charge in [-0.2, -0.15) is 8.78 Å². The van der Waals surface area contributed by atoms with E-state index in [1.807, 2.05) is 11.4 Å². The number of anilines is 1. The van der Waals surface area contributed by atoms with E-state index in [0.29, 0.717) is 27.2 Å². The van der Waals surface area contributed by atoms with Crippen molar-refractivity contribution in [3.8, 4) is 17.0 Å². The fourth-order valence-electron chi connectivity index (χ4n) is 2.71. The molecule has 1 N–H and O–H groups in total. The van der Waals surface area contributed by atoms with Crippen LogP contribution in [0.4, 0.5) is 13.9 Å². The summed E-state index contributed by atoms with van der Waals surface area (Å²) in [6.45, 7) is -2.91. The second kappa shape index (κ2) is 7.13. The summed E-state index contributed by atoms with van der Waals surface area (Å²) in [5, 5.41) is 6.86. The van der Waals surface area contributed by atoms with Crippen LogP contribution < -0.4 is 10.1 Å². The lowest BCUT2D eigenvalue weighted by molar-refractivity contribution is -0.0494. The molecule has 1 saturated carbocycles. The number of halogens is 2. The van der Waals surface area contributed by atoms with E-state index in [9.17, 15) is 13.6 Å². The van der Waals surface area contributed by atoms with Crippen molar-refractivity contribution in [1.29, 1.82) is 0 Å². The zero-order valence-electron chi connectivity index (χ0n) is 13.4. The van der Waals surface area contributed by atoms with E-state index in [4.69, 9.17) is 0 Å². The maximum absolute atomic E-state index is 12.6. The minimum absolute atomic E-state index is 0.0555. The van der Waals surface area contributed by atoms with Crippen LogP contribution in [0.1, 0.15) is 34.0 Å². The Morgan fingerprint density at radius 3 is 2.81 bits per heavy atom. The number of nitrogens with zero attached hydrogens (tertiary/aromatic N) is 1. The van der Waals surface area contributed by atoms with Gasteiger partial charge in [-0.15, -0.1) is 22.7 Å². The normalized spacial score (nSPS) is 13.8. The van der Waals surface area contributed by atoms with E-state index in [1.165, 1.54) is 28.7 Å². The Morgan fingerprint density at radius 1 is 1.23 bits per heavy atom. The molecule has 1 aromatic carbocycles. The van der Waals surface area contributed by atoms with Gasteiger partial charge in [0.25, 0.3) is 5.91 Å². The molecule has 0 aliphatic heterocycles. The van der Waals surface area contributed by atoms with Crippen LogP contribution in [0, 0.1) is 0 Å². The Balaban J connectivity index is 1.53. The van der Waals surface area contributed by atoms with Gasteiger partial charge in [0.2, 0.25) is 0 Å². The Kier molecular flexibility index (Phi) is 4.69. The highest BCUT2D eigenvalue weighted by molar-refractivity contribution is 7.14. The van der Waals surface area contributed by atoms with Gasteiger partial charge in [0.05, 0.1) is 10.6 Å². The molecule has 0 bridgehead atoms. The highest BCUT2D eigenvalue weighted by Crippen LogP contribution is 2.43. The van der Waals surface area contributed by atoms with Crippen molar-refractivity contribution in [2.75, 3.05) is 5.32 Å². The summed E-state index contributed by atoms with van der Waals surface area (Å²) in [6, 6.07) is 8.46. The van der Waals surface area contributed by atoms with Crippen molar-refractivity contribution in [1.82, 2.24) is 4.98 Å². The lowest BCUT2D eigenvalue weighted by atomic mass is 10.1. The van der Waals surface area contributed by atoms with Crippen molar-refractivity contribution in [2.45, 2.75) is 25.4 Å². The summed E-state index contributed by atoms with van der Waals surface area (Å²) in [6.07, 6.45) is 2.25. The molecule has 1 aliphatic rings. The molecule has 26 heavy (non-hydrogen) atoms. The summed E-state index contributed by atoms with van der Waals surface area (Å²) < 4.78 is 29.7. The first-order chi connectivity index (χ1) is 12.6. The molecule has 0 radical (unpaired) electrons. The van der Waals surface area contributed by atoms with E-state index in [-0.39, 0.29) is 11.7 Å². The number of nitrogens with one attached hydrogen (secondary N) is 1. The first kappa shape index (κ1) is 17.1. The number of thiazole rings is 1. The first-order valence-corrected chi connectivity index (χ1v) is 9.76. The van der Waals surface area contributed by atoms with E-state index in [2.05, 4.69) is 15.0 Å². The molecule has 2 heterocycles. The van der Waals surface area contributed by atoms with Crippen molar-refractivity contribution < 1.29 is 18.3 Å². The Morgan fingerprint density at radius 2 is 2.04 bits per heavy atom. The number of amides is 1. The zero-order valence-corrected chi connectivity index (χ0v) is 15.1. The van der Waals surface area contributed by atoms with Crippen molar-refractivity contribution >= 4 is 33.7 Å². The highest BCUT2D eigenvalue weighted by atomic mass is 32.1. The maximum atomic E-state index is 12.6. The average molecular weight is 392 g/mol. The molecule has 0 saturated heterocycles. The topological polar surface area (TPSA) is 51.2 Å². The molecule has 0 spiro atoms. The summed E-state index contributed by atoms with van der Waals surface area (Å²) >= 11 is 2.67. The number of alkyl halides is 2. The molecule has 0 atom stereocenters. The van der Waals surface area contributed by atoms with Crippen LogP contribution in [0.2, 0.25) is 0 Å². The average Bonchev–Trinajstić information content (AvgIpc) is 3.16. The van der Waals surface area contributed by atoms with E-state index < -0.39 is 6.61 Å². The minimum atomic E-state index is -2.91. The van der Waals surface area contributed by atoms with Crippen LogP contribution in [0.5, 0.6) is 5.75 Å². The standard InChI is InChI=1S/C18H14F2N2O2S2/c19-17(20)24-14-4-2-1-3-12(14)13-9-26-18(21-13)22-16(23)15-11(7-8-25-15)10-5-6-10/h1-4,7-10,17H,5-6H2,(H,21,22,23). The number of rotatable bonds is 6. The van der Waals surface area contributed by atoms with Gasteiger partial charge in [0.15, 0.2) is 5.13 Å². The van der Waals surface area contributed by atoms with Gasteiger partial charge >= 0.3 is 6.61 Å². The van der Waals surface area contributed by atoms with Crippen LogP contribution >= 0.6 is 22.7 Å². The molecule has 3 aromatic rings. The third-order valence-corrected chi connectivity index (χ3v) is 5.71. The van der Waals surface area contributed by atoms with Gasteiger partial charge in [-0.3, -0.25) is 10.1 Å². The van der Waals surface area contributed by atoms with Crippen LogP contribution in [-0.4, -0.2) is 17.5 Å².